The molecular weight excluding hydrogens is 292 g/mol. The smallest absolute Gasteiger partial charge is 0.226 e. The minimum Gasteiger partial charge on any atom is -0.395 e. The molecular formula is C12H18N6O4. The molecule has 120 valence electrons. The molecule has 3 heterocycles. The molecule has 10 heteroatoms. The maximum Gasteiger partial charge on any atom is 0.226 e. The first-order chi connectivity index (χ1) is 10.6. The van der Waals surface area contributed by atoms with Crippen LogP contribution in [0.2, 0.25) is 0 Å². The molecule has 10 nitrogen and oxygen atoms in total. The van der Waals surface area contributed by atoms with Crippen LogP contribution in [0.4, 0.5) is 11.8 Å². The molecule has 2 aromatic rings. The Morgan fingerprint density at radius 1 is 1.41 bits per heavy atom. The highest BCUT2D eigenvalue weighted by Crippen LogP contribution is 2.31. The van der Waals surface area contributed by atoms with Gasteiger partial charge in [-0.2, -0.15) is 9.97 Å². The van der Waals surface area contributed by atoms with Gasteiger partial charge in [-0.3, -0.25) is 4.57 Å². The van der Waals surface area contributed by atoms with Crippen molar-refractivity contribution in [3.05, 3.63) is 6.33 Å². The average molecular weight is 310 g/mol. The summed E-state index contributed by atoms with van der Waals surface area (Å²) in [6.45, 7) is 0.0536. The standard InChI is InChI=1S/C12H18N6O4/c13-9-8-10(17-12(16-9)14-1-2-19)18(5-15-8)11-7(21)3-6(4-20)22-11/h5-7,11,19-21H,1-4H2,(H3,13,14,16,17)/t6-,7+,11+/m0/s1. The molecule has 0 saturated carbocycles. The molecule has 0 radical (unpaired) electrons. The van der Waals surface area contributed by atoms with Crippen molar-refractivity contribution in [2.45, 2.75) is 24.9 Å². The van der Waals surface area contributed by atoms with Crippen LogP contribution in [0.5, 0.6) is 0 Å². The molecule has 1 aliphatic heterocycles. The van der Waals surface area contributed by atoms with E-state index in [1.165, 1.54) is 6.33 Å². The predicted molar refractivity (Wildman–Crippen MR) is 76.9 cm³/mol. The van der Waals surface area contributed by atoms with E-state index in [2.05, 4.69) is 20.3 Å². The number of anilines is 2. The number of nitrogens with one attached hydrogen (secondary N) is 1. The van der Waals surface area contributed by atoms with E-state index in [1.54, 1.807) is 4.57 Å². The molecule has 1 fully saturated rings. The number of imidazole rings is 1. The second kappa shape index (κ2) is 6.01. The van der Waals surface area contributed by atoms with Crippen LogP contribution in [-0.2, 0) is 4.74 Å². The van der Waals surface area contributed by atoms with Crippen LogP contribution in [0.3, 0.4) is 0 Å². The number of fused-ring (bicyclic) bond motifs is 1. The second-order valence-electron chi connectivity index (χ2n) is 5.04. The number of nitrogens with zero attached hydrogens (tertiary/aromatic N) is 4. The highest BCUT2D eigenvalue weighted by atomic mass is 16.5. The van der Waals surface area contributed by atoms with E-state index in [4.69, 9.17) is 20.7 Å². The molecule has 0 spiro atoms. The monoisotopic (exact) mass is 310 g/mol. The van der Waals surface area contributed by atoms with Crippen molar-refractivity contribution in [2.24, 2.45) is 0 Å². The van der Waals surface area contributed by atoms with E-state index in [0.717, 1.165) is 0 Å². The topological polar surface area (TPSA) is 152 Å². The summed E-state index contributed by atoms with van der Waals surface area (Å²) in [5, 5.41) is 30.9. The summed E-state index contributed by atoms with van der Waals surface area (Å²) in [7, 11) is 0. The van der Waals surface area contributed by atoms with Crippen LogP contribution >= 0.6 is 0 Å². The summed E-state index contributed by atoms with van der Waals surface area (Å²) in [5.74, 6) is 0.447. The summed E-state index contributed by atoms with van der Waals surface area (Å²) in [6.07, 6.45) is -0.0960. The van der Waals surface area contributed by atoms with Crippen molar-refractivity contribution in [3.63, 3.8) is 0 Å². The zero-order chi connectivity index (χ0) is 15.7. The molecule has 2 aromatic heterocycles. The van der Waals surface area contributed by atoms with Crippen molar-refractivity contribution >= 4 is 22.9 Å². The zero-order valence-corrected chi connectivity index (χ0v) is 11.8. The maximum absolute atomic E-state index is 10.1. The van der Waals surface area contributed by atoms with E-state index in [9.17, 15) is 5.11 Å². The Labute approximate surface area is 125 Å². The SMILES string of the molecule is Nc1nc(NCCO)nc2c1ncn2[C@@H]1O[C@H](CO)C[C@H]1O. The fourth-order valence-corrected chi connectivity index (χ4v) is 2.47. The van der Waals surface area contributed by atoms with Crippen LogP contribution < -0.4 is 11.1 Å². The van der Waals surface area contributed by atoms with Gasteiger partial charge in [-0.05, 0) is 0 Å². The summed E-state index contributed by atoms with van der Waals surface area (Å²) in [5.41, 5.74) is 6.67. The number of aromatic nitrogens is 4. The van der Waals surface area contributed by atoms with Crippen LogP contribution in [0.1, 0.15) is 12.6 Å². The van der Waals surface area contributed by atoms with Gasteiger partial charge >= 0.3 is 0 Å². The Balaban J connectivity index is 1.98. The van der Waals surface area contributed by atoms with Gasteiger partial charge in [-0.15, -0.1) is 0 Å². The number of nitrogen functional groups attached to an aromatic ring is 1. The normalized spacial score (nSPS) is 25.0. The number of nitrogens with two attached hydrogens (primary N) is 1. The lowest BCUT2D eigenvalue weighted by atomic mass is 10.2. The zero-order valence-electron chi connectivity index (χ0n) is 11.8. The summed E-state index contributed by atoms with van der Waals surface area (Å²) in [6, 6.07) is 0. The number of ether oxygens (including phenoxy) is 1. The molecule has 3 rings (SSSR count). The maximum atomic E-state index is 10.1. The molecule has 0 bridgehead atoms. The fraction of sp³-hybridized carbons (Fsp3) is 0.583. The first-order valence-corrected chi connectivity index (χ1v) is 6.93. The van der Waals surface area contributed by atoms with Gasteiger partial charge in [-0.1, -0.05) is 0 Å². The Morgan fingerprint density at radius 3 is 2.91 bits per heavy atom. The molecule has 0 unspecified atom stereocenters. The first kappa shape index (κ1) is 14.9. The minimum atomic E-state index is -0.778. The van der Waals surface area contributed by atoms with Gasteiger partial charge in [-0.25, -0.2) is 4.98 Å². The second-order valence-corrected chi connectivity index (χ2v) is 5.04. The number of hydrogen-bond acceptors (Lipinski definition) is 9. The lowest BCUT2D eigenvalue weighted by Gasteiger charge is -2.16. The lowest BCUT2D eigenvalue weighted by molar-refractivity contribution is -0.0486. The van der Waals surface area contributed by atoms with Gasteiger partial charge < -0.3 is 31.1 Å². The molecule has 0 aromatic carbocycles. The van der Waals surface area contributed by atoms with E-state index < -0.39 is 18.4 Å². The Hall–Kier alpha value is -2.01. The molecule has 6 N–H and O–H groups in total. The van der Waals surface area contributed by atoms with Crippen molar-refractivity contribution in [1.82, 2.24) is 19.5 Å². The Bertz CT molecular complexity index is 662. The number of rotatable bonds is 5. The quantitative estimate of drug-likeness (QED) is 0.442. The van der Waals surface area contributed by atoms with Gasteiger partial charge in [0.15, 0.2) is 17.7 Å². The predicted octanol–water partition coefficient (Wildman–Crippen LogP) is -1.55. The largest absolute Gasteiger partial charge is 0.395 e. The van der Waals surface area contributed by atoms with Crippen molar-refractivity contribution in [2.75, 3.05) is 30.8 Å². The third-order valence-electron chi connectivity index (χ3n) is 3.49. The van der Waals surface area contributed by atoms with Gasteiger partial charge in [0.2, 0.25) is 5.95 Å². The third kappa shape index (κ3) is 2.57. The molecule has 1 saturated heterocycles. The summed E-state index contributed by atoms with van der Waals surface area (Å²) < 4.78 is 7.16. The van der Waals surface area contributed by atoms with E-state index in [-0.39, 0.29) is 31.5 Å². The first-order valence-electron chi connectivity index (χ1n) is 6.93. The van der Waals surface area contributed by atoms with Crippen molar-refractivity contribution < 1.29 is 20.1 Å². The summed E-state index contributed by atoms with van der Waals surface area (Å²) in [4.78, 5) is 12.5. The molecule has 22 heavy (non-hydrogen) atoms. The van der Waals surface area contributed by atoms with E-state index in [0.29, 0.717) is 17.6 Å². The molecule has 0 aliphatic carbocycles. The van der Waals surface area contributed by atoms with Gasteiger partial charge in [0.25, 0.3) is 0 Å². The van der Waals surface area contributed by atoms with Gasteiger partial charge in [0.05, 0.1) is 25.6 Å². The fourth-order valence-electron chi connectivity index (χ4n) is 2.47. The number of aliphatic hydroxyl groups excluding tert-OH is 3. The molecule has 0 amide bonds. The van der Waals surface area contributed by atoms with Crippen LogP contribution in [0.15, 0.2) is 6.33 Å². The highest BCUT2D eigenvalue weighted by Gasteiger charge is 2.36. The molecule has 1 aliphatic rings. The molecule has 3 atom stereocenters. The van der Waals surface area contributed by atoms with Crippen LogP contribution in [-0.4, -0.2) is 66.8 Å². The van der Waals surface area contributed by atoms with Crippen molar-refractivity contribution in [3.8, 4) is 0 Å². The van der Waals surface area contributed by atoms with E-state index >= 15 is 0 Å². The van der Waals surface area contributed by atoms with E-state index in [1.807, 2.05) is 0 Å². The lowest BCUT2D eigenvalue weighted by Crippen LogP contribution is -2.19. The van der Waals surface area contributed by atoms with Gasteiger partial charge in [0, 0.05) is 13.0 Å². The number of hydrogen-bond donors (Lipinski definition) is 5. The highest BCUT2D eigenvalue weighted by molar-refractivity contribution is 5.82. The third-order valence-corrected chi connectivity index (χ3v) is 3.49. The Kier molecular flexibility index (Phi) is 4.07. The minimum absolute atomic E-state index is 0.0663. The number of aliphatic hydroxyl groups is 3. The van der Waals surface area contributed by atoms with Gasteiger partial charge in [0.1, 0.15) is 11.6 Å². The van der Waals surface area contributed by atoms with Crippen molar-refractivity contribution in [1.29, 1.82) is 0 Å². The average Bonchev–Trinajstić information content (AvgIpc) is 3.08. The summed E-state index contributed by atoms with van der Waals surface area (Å²) >= 11 is 0. The van der Waals surface area contributed by atoms with Crippen LogP contribution in [0, 0.1) is 0 Å². The van der Waals surface area contributed by atoms with Crippen LogP contribution in [0.25, 0.3) is 11.2 Å². The Morgan fingerprint density at radius 2 is 2.23 bits per heavy atom.